The molecule has 0 aliphatic carbocycles. The van der Waals surface area contributed by atoms with E-state index in [1.54, 1.807) is 4.90 Å². The van der Waals surface area contributed by atoms with Crippen LogP contribution in [0.1, 0.15) is 20.8 Å². The lowest BCUT2D eigenvalue weighted by molar-refractivity contribution is -0.115. The van der Waals surface area contributed by atoms with E-state index in [-0.39, 0.29) is 11.8 Å². The van der Waals surface area contributed by atoms with Gasteiger partial charge < -0.3 is 10.2 Å². The minimum Gasteiger partial charge on any atom is -0.326 e. The number of amides is 2. The van der Waals surface area contributed by atoms with Crippen LogP contribution < -0.4 is 10.2 Å². The number of anilines is 2. The van der Waals surface area contributed by atoms with Gasteiger partial charge in [0.25, 0.3) is 5.91 Å². The lowest BCUT2D eigenvalue weighted by Crippen LogP contribution is -2.28. The van der Waals surface area contributed by atoms with Crippen LogP contribution in [-0.2, 0) is 17.6 Å². The van der Waals surface area contributed by atoms with Gasteiger partial charge in [0.15, 0.2) is 0 Å². The van der Waals surface area contributed by atoms with Crippen molar-refractivity contribution in [1.82, 2.24) is 0 Å². The summed E-state index contributed by atoms with van der Waals surface area (Å²) in [5.41, 5.74) is 3.72. The van der Waals surface area contributed by atoms with Crippen molar-refractivity contribution in [3.8, 4) is 0 Å². The van der Waals surface area contributed by atoms with Gasteiger partial charge in [-0.15, -0.1) is 11.3 Å². The first-order valence-electron chi connectivity index (χ1n) is 8.53. The lowest BCUT2D eigenvalue weighted by atomic mass is 10.1. The molecule has 0 unspecified atom stereocenters. The van der Waals surface area contributed by atoms with Gasteiger partial charge in [-0.25, -0.2) is 0 Å². The molecule has 4 nitrogen and oxygen atoms in total. The van der Waals surface area contributed by atoms with Crippen LogP contribution in [0.15, 0.2) is 66.0 Å². The monoisotopic (exact) mass is 362 g/mol. The Hall–Kier alpha value is -2.92. The molecule has 5 heteroatoms. The maximum atomic E-state index is 12.7. The third-order valence-electron chi connectivity index (χ3n) is 4.45. The van der Waals surface area contributed by atoms with Crippen molar-refractivity contribution < 1.29 is 9.59 Å². The summed E-state index contributed by atoms with van der Waals surface area (Å²) in [5.74, 6) is -0.0446. The second-order valence-corrected chi connectivity index (χ2v) is 7.19. The number of nitrogens with one attached hydrogen (secondary N) is 1. The molecule has 1 N–H and O–H groups in total. The molecule has 2 aromatic carbocycles. The van der Waals surface area contributed by atoms with Crippen LogP contribution in [0.3, 0.4) is 0 Å². The van der Waals surface area contributed by atoms with E-state index in [1.807, 2.05) is 66.0 Å². The Labute approximate surface area is 156 Å². The molecule has 2 heterocycles. The Morgan fingerprint density at radius 1 is 1.04 bits per heavy atom. The maximum Gasteiger partial charge on any atom is 0.268 e. The molecule has 0 saturated heterocycles. The SMILES string of the molecule is O=C(Cc1ccccc1)Nc1ccc2c(c1)N(C(=O)c1cccs1)CC2. The average molecular weight is 362 g/mol. The second-order valence-electron chi connectivity index (χ2n) is 6.24. The highest BCUT2D eigenvalue weighted by Crippen LogP contribution is 2.32. The number of carbonyl (C=O) groups excluding carboxylic acids is 2. The number of hydrogen-bond donors (Lipinski definition) is 1. The van der Waals surface area contributed by atoms with Crippen molar-refractivity contribution in [3.63, 3.8) is 0 Å². The molecule has 1 aromatic heterocycles. The zero-order chi connectivity index (χ0) is 17.9. The van der Waals surface area contributed by atoms with Crippen LogP contribution in [0, 0.1) is 0 Å². The van der Waals surface area contributed by atoms with Crippen LogP contribution in [0.2, 0.25) is 0 Å². The van der Waals surface area contributed by atoms with Crippen molar-refractivity contribution in [3.05, 3.63) is 82.0 Å². The number of nitrogens with zero attached hydrogens (tertiary/aromatic N) is 1. The Morgan fingerprint density at radius 3 is 2.65 bits per heavy atom. The zero-order valence-electron chi connectivity index (χ0n) is 14.1. The van der Waals surface area contributed by atoms with Gasteiger partial charge in [-0.2, -0.15) is 0 Å². The summed E-state index contributed by atoms with van der Waals surface area (Å²) < 4.78 is 0. The van der Waals surface area contributed by atoms with Gasteiger partial charge in [-0.3, -0.25) is 9.59 Å². The highest BCUT2D eigenvalue weighted by molar-refractivity contribution is 7.12. The standard InChI is InChI=1S/C21H18N2O2S/c24-20(13-15-5-2-1-3-6-15)22-17-9-8-16-10-11-23(18(16)14-17)21(25)19-7-4-12-26-19/h1-9,12,14H,10-11,13H2,(H,22,24). The minimum atomic E-state index is -0.0646. The summed E-state index contributed by atoms with van der Waals surface area (Å²) in [6.07, 6.45) is 1.17. The third-order valence-corrected chi connectivity index (χ3v) is 5.31. The van der Waals surface area contributed by atoms with E-state index in [0.717, 1.165) is 33.8 Å². The molecular formula is C21H18N2O2S. The fourth-order valence-electron chi connectivity index (χ4n) is 3.19. The lowest BCUT2D eigenvalue weighted by Gasteiger charge is -2.17. The van der Waals surface area contributed by atoms with Crippen molar-refractivity contribution >= 4 is 34.5 Å². The first-order chi connectivity index (χ1) is 12.7. The van der Waals surface area contributed by atoms with Crippen LogP contribution >= 0.6 is 11.3 Å². The number of carbonyl (C=O) groups is 2. The second kappa shape index (κ2) is 7.14. The molecule has 2 amide bonds. The van der Waals surface area contributed by atoms with Crippen molar-refractivity contribution in [2.75, 3.05) is 16.8 Å². The minimum absolute atomic E-state index is 0.0199. The fourth-order valence-corrected chi connectivity index (χ4v) is 3.86. The van der Waals surface area contributed by atoms with Crippen molar-refractivity contribution in [2.24, 2.45) is 0 Å². The Balaban J connectivity index is 1.51. The summed E-state index contributed by atoms with van der Waals surface area (Å²) in [6.45, 7) is 0.674. The van der Waals surface area contributed by atoms with Gasteiger partial charge in [0.1, 0.15) is 0 Å². The topological polar surface area (TPSA) is 49.4 Å². The maximum absolute atomic E-state index is 12.7. The van der Waals surface area contributed by atoms with Gasteiger partial charge in [-0.05, 0) is 41.1 Å². The van der Waals surface area contributed by atoms with Gasteiger partial charge in [0.2, 0.25) is 5.91 Å². The number of rotatable bonds is 4. The molecule has 0 atom stereocenters. The number of fused-ring (bicyclic) bond motifs is 1. The third kappa shape index (κ3) is 3.39. The van der Waals surface area contributed by atoms with Gasteiger partial charge in [0, 0.05) is 17.9 Å². The van der Waals surface area contributed by atoms with Gasteiger partial charge >= 0.3 is 0 Å². The van der Waals surface area contributed by atoms with Crippen LogP contribution in [0.25, 0.3) is 0 Å². The van der Waals surface area contributed by atoms with E-state index >= 15 is 0 Å². The molecule has 0 radical (unpaired) electrons. The molecule has 1 aliphatic rings. The Bertz CT molecular complexity index is 936. The largest absolute Gasteiger partial charge is 0.326 e. The fraction of sp³-hybridized carbons (Fsp3) is 0.143. The van der Waals surface area contributed by atoms with E-state index in [9.17, 15) is 9.59 Å². The molecule has 1 aliphatic heterocycles. The molecule has 3 aromatic rings. The molecule has 4 rings (SSSR count). The first-order valence-corrected chi connectivity index (χ1v) is 9.41. The van der Waals surface area contributed by atoms with E-state index < -0.39 is 0 Å². The summed E-state index contributed by atoms with van der Waals surface area (Å²) >= 11 is 1.45. The first kappa shape index (κ1) is 16.5. The smallest absolute Gasteiger partial charge is 0.268 e. The molecule has 0 fully saturated rings. The van der Waals surface area contributed by atoms with Gasteiger partial charge in [0.05, 0.1) is 11.3 Å². The molecule has 0 spiro atoms. The average Bonchev–Trinajstić information content (AvgIpc) is 3.32. The molecule has 26 heavy (non-hydrogen) atoms. The normalized spacial score (nSPS) is 12.7. The van der Waals surface area contributed by atoms with E-state index in [0.29, 0.717) is 13.0 Å². The number of hydrogen-bond acceptors (Lipinski definition) is 3. The van der Waals surface area contributed by atoms with E-state index in [2.05, 4.69) is 5.32 Å². The quantitative estimate of drug-likeness (QED) is 0.759. The highest BCUT2D eigenvalue weighted by Gasteiger charge is 2.26. The highest BCUT2D eigenvalue weighted by atomic mass is 32.1. The van der Waals surface area contributed by atoms with Crippen LogP contribution in [0.4, 0.5) is 11.4 Å². The van der Waals surface area contributed by atoms with Crippen LogP contribution in [-0.4, -0.2) is 18.4 Å². The Kier molecular flexibility index (Phi) is 4.54. The predicted molar refractivity (Wildman–Crippen MR) is 105 cm³/mol. The van der Waals surface area contributed by atoms with Crippen molar-refractivity contribution in [2.45, 2.75) is 12.8 Å². The van der Waals surface area contributed by atoms with Crippen LogP contribution in [0.5, 0.6) is 0 Å². The Morgan fingerprint density at radius 2 is 1.88 bits per heavy atom. The molecule has 130 valence electrons. The summed E-state index contributed by atoms with van der Waals surface area (Å²) in [5, 5.41) is 4.85. The summed E-state index contributed by atoms with van der Waals surface area (Å²) in [6, 6.07) is 19.2. The predicted octanol–water partition coefficient (Wildman–Crippen LogP) is 4.13. The molecule has 0 bridgehead atoms. The van der Waals surface area contributed by atoms with Gasteiger partial charge in [-0.1, -0.05) is 42.5 Å². The number of thiophene rings is 1. The van der Waals surface area contributed by atoms with Crippen molar-refractivity contribution in [1.29, 1.82) is 0 Å². The molecular weight excluding hydrogens is 344 g/mol. The summed E-state index contributed by atoms with van der Waals surface area (Å²) in [7, 11) is 0. The van der Waals surface area contributed by atoms with E-state index in [4.69, 9.17) is 0 Å². The zero-order valence-corrected chi connectivity index (χ0v) is 15.0. The van der Waals surface area contributed by atoms with E-state index in [1.165, 1.54) is 11.3 Å². The summed E-state index contributed by atoms with van der Waals surface area (Å²) in [4.78, 5) is 27.5. The number of benzene rings is 2. The molecule has 0 saturated carbocycles.